The Morgan fingerprint density at radius 1 is 1.39 bits per heavy atom. The Kier molecular flexibility index (Phi) is 9.16. The summed E-state index contributed by atoms with van der Waals surface area (Å²) in [6, 6.07) is 4.47. The summed E-state index contributed by atoms with van der Waals surface area (Å²) in [7, 11) is 1.91. The average molecular weight is 296 g/mol. The smallest absolute Gasteiger partial charge is 0.142 e. The number of ether oxygens (including phenoxy) is 1. The Morgan fingerprint density at radius 2 is 2.11 bits per heavy atom. The molecule has 104 valence electrons. The van der Waals surface area contributed by atoms with Gasteiger partial charge >= 0.3 is 0 Å². The second kappa shape index (κ2) is 9.42. The summed E-state index contributed by atoms with van der Waals surface area (Å²) in [6.45, 7) is 3.02. The van der Waals surface area contributed by atoms with Gasteiger partial charge in [-0.15, -0.1) is 12.4 Å². The van der Waals surface area contributed by atoms with E-state index < -0.39 is 5.82 Å². The molecule has 2 nitrogen and oxygen atoms in total. The van der Waals surface area contributed by atoms with Crippen LogP contribution >= 0.6 is 24.0 Å². The summed E-state index contributed by atoms with van der Waals surface area (Å²) in [4.78, 5) is 0. The first-order valence-corrected chi connectivity index (χ1v) is 6.31. The molecule has 0 aromatic heterocycles. The van der Waals surface area contributed by atoms with Crippen LogP contribution in [0.3, 0.4) is 0 Å². The van der Waals surface area contributed by atoms with Gasteiger partial charge in [-0.1, -0.05) is 24.9 Å². The predicted molar refractivity (Wildman–Crippen MR) is 76.5 cm³/mol. The molecule has 0 amide bonds. The minimum atomic E-state index is -0.415. The van der Waals surface area contributed by atoms with Crippen LogP contribution in [0.15, 0.2) is 18.2 Å². The van der Waals surface area contributed by atoms with E-state index in [2.05, 4.69) is 12.2 Å². The highest BCUT2D eigenvalue weighted by Gasteiger charge is 2.10. The van der Waals surface area contributed by atoms with Crippen LogP contribution in [-0.2, 0) is 0 Å². The van der Waals surface area contributed by atoms with Gasteiger partial charge in [-0.25, -0.2) is 4.39 Å². The number of nitrogens with one attached hydrogen (secondary N) is 1. The molecule has 0 aliphatic carbocycles. The number of benzene rings is 1. The normalized spacial score (nSPS) is 11.8. The second-order valence-electron chi connectivity index (χ2n) is 4.00. The van der Waals surface area contributed by atoms with E-state index in [1.807, 2.05) is 7.05 Å². The molecule has 1 rings (SSSR count). The maximum absolute atomic E-state index is 13.0. The Labute approximate surface area is 119 Å². The van der Waals surface area contributed by atoms with Crippen molar-refractivity contribution in [3.63, 3.8) is 0 Å². The fraction of sp³-hybridized carbons (Fsp3) is 0.538. The van der Waals surface area contributed by atoms with E-state index in [9.17, 15) is 4.39 Å². The highest BCUT2D eigenvalue weighted by molar-refractivity contribution is 6.30. The van der Waals surface area contributed by atoms with Crippen molar-refractivity contribution in [1.82, 2.24) is 5.32 Å². The molecule has 1 atom stereocenters. The van der Waals surface area contributed by atoms with Gasteiger partial charge in [-0.2, -0.15) is 0 Å². The third kappa shape index (κ3) is 5.89. The van der Waals surface area contributed by atoms with Crippen molar-refractivity contribution in [2.75, 3.05) is 13.6 Å². The molecule has 0 heterocycles. The van der Waals surface area contributed by atoms with E-state index in [-0.39, 0.29) is 23.5 Å². The van der Waals surface area contributed by atoms with Gasteiger partial charge < -0.3 is 10.1 Å². The van der Waals surface area contributed by atoms with Crippen molar-refractivity contribution in [3.8, 4) is 5.75 Å². The average Bonchev–Trinajstić information content (AvgIpc) is 2.31. The molecule has 1 aromatic carbocycles. The molecule has 0 saturated carbocycles. The molecule has 0 radical (unpaired) electrons. The summed E-state index contributed by atoms with van der Waals surface area (Å²) in [6.07, 6.45) is 3.12. The first kappa shape index (κ1) is 17.5. The Balaban J connectivity index is 0.00000289. The molecule has 1 aromatic rings. The number of hydrogen-bond donors (Lipinski definition) is 1. The molecule has 0 unspecified atom stereocenters. The molecule has 0 aliphatic heterocycles. The van der Waals surface area contributed by atoms with Gasteiger partial charge in [0, 0.05) is 6.07 Å². The minimum Gasteiger partial charge on any atom is -0.490 e. The minimum absolute atomic E-state index is 0. The number of hydrogen-bond acceptors (Lipinski definition) is 2. The summed E-state index contributed by atoms with van der Waals surface area (Å²) >= 11 is 5.71. The molecule has 18 heavy (non-hydrogen) atoms. The van der Waals surface area contributed by atoms with Gasteiger partial charge in [0.25, 0.3) is 0 Å². The molecule has 5 heteroatoms. The Bertz CT molecular complexity index is 350. The van der Waals surface area contributed by atoms with Gasteiger partial charge in [0.2, 0.25) is 0 Å². The molecule has 0 bridgehead atoms. The monoisotopic (exact) mass is 295 g/mol. The van der Waals surface area contributed by atoms with Crippen LogP contribution in [0.4, 0.5) is 4.39 Å². The Morgan fingerprint density at radius 3 is 2.67 bits per heavy atom. The molecular weight excluding hydrogens is 276 g/mol. The summed E-state index contributed by atoms with van der Waals surface area (Å²) in [5.41, 5.74) is 0. The lowest BCUT2D eigenvalue weighted by molar-refractivity contribution is 0.180. The van der Waals surface area contributed by atoms with Crippen molar-refractivity contribution in [2.45, 2.75) is 32.3 Å². The second-order valence-corrected chi connectivity index (χ2v) is 4.40. The van der Waals surface area contributed by atoms with E-state index in [1.54, 1.807) is 6.07 Å². The first-order valence-electron chi connectivity index (χ1n) is 5.93. The summed E-state index contributed by atoms with van der Waals surface area (Å²) < 4.78 is 18.8. The largest absolute Gasteiger partial charge is 0.490 e. The van der Waals surface area contributed by atoms with Crippen LogP contribution < -0.4 is 10.1 Å². The van der Waals surface area contributed by atoms with Crippen molar-refractivity contribution in [1.29, 1.82) is 0 Å². The SMILES string of the molecule is CCC[C@@H](CCNC)Oc1ccc(F)c(Cl)c1.Cl. The molecule has 0 aliphatic rings. The van der Waals surface area contributed by atoms with Crippen molar-refractivity contribution in [2.24, 2.45) is 0 Å². The zero-order chi connectivity index (χ0) is 12.7. The van der Waals surface area contributed by atoms with Gasteiger partial charge in [0.05, 0.1) is 11.1 Å². The molecule has 0 spiro atoms. The zero-order valence-electron chi connectivity index (χ0n) is 10.7. The highest BCUT2D eigenvalue weighted by atomic mass is 35.5. The van der Waals surface area contributed by atoms with E-state index in [4.69, 9.17) is 16.3 Å². The summed E-state index contributed by atoms with van der Waals surface area (Å²) in [5, 5.41) is 3.20. The van der Waals surface area contributed by atoms with Gasteiger partial charge in [-0.05, 0) is 38.6 Å². The van der Waals surface area contributed by atoms with Gasteiger partial charge in [-0.3, -0.25) is 0 Å². The predicted octanol–water partition coefficient (Wildman–Crippen LogP) is 4.06. The number of rotatable bonds is 7. The van der Waals surface area contributed by atoms with Crippen LogP contribution in [-0.4, -0.2) is 19.7 Å². The van der Waals surface area contributed by atoms with Gasteiger partial charge in [0.1, 0.15) is 11.6 Å². The highest BCUT2D eigenvalue weighted by Crippen LogP contribution is 2.23. The van der Waals surface area contributed by atoms with Crippen molar-refractivity contribution in [3.05, 3.63) is 29.0 Å². The Hall–Kier alpha value is -0.510. The van der Waals surface area contributed by atoms with Crippen LogP contribution in [0.1, 0.15) is 26.2 Å². The quantitative estimate of drug-likeness (QED) is 0.819. The van der Waals surface area contributed by atoms with Gasteiger partial charge in [0.15, 0.2) is 0 Å². The van der Waals surface area contributed by atoms with Crippen molar-refractivity contribution >= 4 is 24.0 Å². The maximum atomic E-state index is 13.0. The molecule has 0 saturated heterocycles. The third-order valence-corrected chi connectivity index (χ3v) is 2.81. The fourth-order valence-electron chi connectivity index (χ4n) is 1.63. The van der Waals surface area contributed by atoms with E-state index in [1.165, 1.54) is 12.1 Å². The van der Waals surface area contributed by atoms with E-state index in [0.29, 0.717) is 5.75 Å². The number of halogens is 3. The van der Waals surface area contributed by atoms with Crippen LogP contribution in [0.2, 0.25) is 5.02 Å². The van der Waals surface area contributed by atoms with Crippen LogP contribution in [0.25, 0.3) is 0 Å². The third-order valence-electron chi connectivity index (χ3n) is 2.52. The lowest BCUT2D eigenvalue weighted by Gasteiger charge is -2.18. The lowest BCUT2D eigenvalue weighted by Crippen LogP contribution is -2.22. The van der Waals surface area contributed by atoms with E-state index in [0.717, 1.165) is 25.8 Å². The fourth-order valence-corrected chi connectivity index (χ4v) is 1.80. The standard InChI is InChI=1S/C13H19ClFNO.ClH/c1-3-4-10(7-8-16-2)17-11-5-6-13(15)12(14)9-11;/h5-6,9-10,16H,3-4,7-8H2,1-2H3;1H/t10-;/m0./s1. The lowest BCUT2D eigenvalue weighted by atomic mass is 10.1. The van der Waals surface area contributed by atoms with Crippen LogP contribution in [0, 0.1) is 5.82 Å². The van der Waals surface area contributed by atoms with E-state index >= 15 is 0 Å². The maximum Gasteiger partial charge on any atom is 0.142 e. The zero-order valence-corrected chi connectivity index (χ0v) is 12.3. The molecular formula is C13H20Cl2FNO. The first-order chi connectivity index (χ1) is 8.17. The van der Waals surface area contributed by atoms with Crippen molar-refractivity contribution < 1.29 is 9.13 Å². The molecule has 0 fully saturated rings. The topological polar surface area (TPSA) is 21.3 Å². The molecule has 1 N–H and O–H groups in total. The summed E-state index contributed by atoms with van der Waals surface area (Å²) in [5.74, 6) is 0.215. The van der Waals surface area contributed by atoms with Crippen LogP contribution in [0.5, 0.6) is 5.75 Å².